The molecule has 12 heteroatoms. The molecule has 2 aromatic rings. The fraction of sp³-hybridized carbons (Fsp3) is 0.538. The number of primary amides is 1. The highest BCUT2D eigenvalue weighted by Crippen LogP contribution is 2.27. The second kappa shape index (κ2) is 13.7. The largest absolute Gasteiger partial charge is 0.519 e. The lowest BCUT2D eigenvalue weighted by Crippen LogP contribution is -2.50. The molecule has 1 aliphatic rings. The Balaban J connectivity index is 1.62. The van der Waals surface area contributed by atoms with Gasteiger partial charge in [0.05, 0.1) is 24.7 Å². The summed E-state index contributed by atoms with van der Waals surface area (Å²) in [5.41, 5.74) is 5.53. The molecule has 11 nitrogen and oxygen atoms in total. The predicted octanol–water partition coefficient (Wildman–Crippen LogP) is 1.39. The van der Waals surface area contributed by atoms with Gasteiger partial charge in [0.2, 0.25) is 11.8 Å². The van der Waals surface area contributed by atoms with Crippen molar-refractivity contribution in [2.24, 2.45) is 5.73 Å². The van der Waals surface area contributed by atoms with Crippen LogP contribution in [0.5, 0.6) is 0 Å². The van der Waals surface area contributed by atoms with Crippen molar-refractivity contribution in [1.29, 1.82) is 0 Å². The minimum atomic E-state index is -0.783. The third kappa shape index (κ3) is 8.03. The molecule has 208 valence electrons. The van der Waals surface area contributed by atoms with Crippen LogP contribution in [0.2, 0.25) is 0 Å². The highest BCUT2D eigenvalue weighted by Gasteiger charge is 2.34. The molecule has 0 saturated carbocycles. The summed E-state index contributed by atoms with van der Waals surface area (Å²) >= 11 is 1.52. The first kappa shape index (κ1) is 29.6. The van der Waals surface area contributed by atoms with Crippen LogP contribution >= 0.6 is 11.9 Å². The average molecular weight is 548 g/mol. The number of nitrogens with zero attached hydrogens (tertiary/aromatic N) is 3. The van der Waals surface area contributed by atoms with E-state index in [1.165, 1.54) is 11.9 Å². The normalized spacial score (nSPS) is 19.5. The van der Waals surface area contributed by atoms with Gasteiger partial charge >= 0.3 is 5.82 Å². The molecule has 0 radical (unpaired) electrons. The number of carbonyl (C=O) groups is 3. The van der Waals surface area contributed by atoms with Gasteiger partial charge in [-0.25, -0.2) is 9.10 Å². The summed E-state index contributed by atoms with van der Waals surface area (Å²) in [4.78, 5) is 52.8. The Bertz CT molecular complexity index is 1140. The van der Waals surface area contributed by atoms with Crippen molar-refractivity contribution in [3.05, 3.63) is 52.5 Å². The molecule has 3 rings (SSSR count). The zero-order valence-corrected chi connectivity index (χ0v) is 23.1. The van der Waals surface area contributed by atoms with Crippen LogP contribution in [0.1, 0.15) is 37.7 Å². The summed E-state index contributed by atoms with van der Waals surface area (Å²) in [6, 6.07) is 8.44. The first-order chi connectivity index (χ1) is 18.1. The Morgan fingerprint density at radius 1 is 1.26 bits per heavy atom. The van der Waals surface area contributed by atoms with Crippen molar-refractivity contribution < 1.29 is 23.2 Å². The smallest absolute Gasteiger partial charge is 0.396 e. The Labute approximate surface area is 226 Å². The SMILES string of the molecule is Cc1oc(=O)oc1CN(C)[C@@H](C)C(=O)NC(C=O)CN(CCC1CCC(C(N)=O)N1C)Sc1ccccc1. The molecule has 1 fully saturated rings. The molecule has 1 saturated heterocycles. The summed E-state index contributed by atoms with van der Waals surface area (Å²) in [6.07, 6.45) is 3.14. The number of likely N-dealkylation sites (N-methyl/N-ethyl adjacent to an activating group) is 2. The Kier molecular flexibility index (Phi) is 10.7. The van der Waals surface area contributed by atoms with Crippen LogP contribution in [0.4, 0.5) is 0 Å². The molecule has 38 heavy (non-hydrogen) atoms. The van der Waals surface area contributed by atoms with E-state index in [0.29, 0.717) is 24.6 Å². The predicted molar refractivity (Wildman–Crippen MR) is 143 cm³/mol. The van der Waals surface area contributed by atoms with Crippen molar-refractivity contribution in [2.45, 2.75) is 68.7 Å². The molecule has 0 aliphatic carbocycles. The van der Waals surface area contributed by atoms with E-state index in [1.54, 1.807) is 25.8 Å². The molecular weight excluding hydrogens is 510 g/mol. The fourth-order valence-corrected chi connectivity index (χ4v) is 5.54. The molecule has 4 atom stereocenters. The minimum Gasteiger partial charge on any atom is -0.396 e. The van der Waals surface area contributed by atoms with E-state index < -0.39 is 17.9 Å². The van der Waals surface area contributed by atoms with Crippen molar-refractivity contribution in [2.75, 3.05) is 27.2 Å². The topological polar surface area (TPSA) is 142 Å². The highest BCUT2D eigenvalue weighted by atomic mass is 32.2. The lowest BCUT2D eigenvalue weighted by atomic mass is 10.1. The van der Waals surface area contributed by atoms with E-state index in [9.17, 15) is 19.2 Å². The Hall–Kier alpha value is -2.93. The summed E-state index contributed by atoms with van der Waals surface area (Å²) in [6.45, 7) is 4.49. The van der Waals surface area contributed by atoms with Crippen LogP contribution in [-0.4, -0.2) is 83.6 Å². The Morgan fingerprint density at radius 2 is 1.97 bits per heavy atom. The van der Waals surface area contributed by atoms with Crippen LogP contribution < -0.4 is 16.9 Å². The number of aryl methyl sites for hydroxylation is 1. The number of nitrogens with one attached hydrogen (secondary N) is 1. The van der Waals surface area contributed by atoms with E-state index in [4.69, 9.17) is 14.6 Å². The standard InChI is InChI=1S/C26H37N5O6S/c1-17(29(3)15-23-18(2)36-26(35)37-23)25(34)28-19(16-32)14-31(38-21-8-6-5-7-9-21)13-12-20-10-11-22(24(27)33)30(20)4/h5-9,16-17,19-20,22H,10-15H2,1-4H3,(H2,27,33)(H,28,34)/t17-,19?,20?,22?/m0/s1. The van der Waals surface area contributed by atoms with Crippen LogP contribution in [0.15, 0.2) is 48.9 Å². The molecule has 0 spiro atoms. The molecule has 1 aliphatic heterocycles. The summed E-state index contributed by atoms with van der Waals surface area (Å²) in [7, 11) is 3.64. The molecule has 3 unspecified atom stereocenters. The number of nitrogens with two attached hydrogens (primary N) is 1. The summed E-state index contributed by atoms with van der Waals surface area (Å²) in [5, 5.41) is 2.84. The van der Waals surface area contributed by atoms with E-state index >= 15 is 0 Å². The van der Waals surface area contributed by atoms with Crippen molar-refractivity contribution >= 4 is 30.0 Å². The van der Waals surface area contributed by atoms with Crippen molar-refractivity contribution in [3.63, 3.8) is 0 Å². The van der Waals surface area contributed by atoms with Crippen molar-refractivity contribution in [1.82, 2.24) is 19.4 Å². The maximum atomic E-state index is 13.0. The zero-order chi connectivity index (χ0) is 27.8. The van der Waals surface area contributed by atoms with Crippen LogP contribution in [0.3, 0.4) is 0 Å². The van der Waals surface area contributed by atoms with Gasteiger partial charge in [-0.05, 0) is 71.3 Å². The molecule has 1 aromatic carbocycles. The van der Waals surface area contributed by atoms with Gasteiger partial charge in [0.15, 0.2) is 5.76 Å². The number of aldehydes is 1. The molecule has 2 amide bonds. The van der Waals surface area contributed by atoms with Crippen molar-refractivity contribution in [3.8, 4) is 0 Å². The molecule has 3 N–H and O–H groups in total. The molecule has 2 heterocycles. The number of hydrogen-bond acceptors (Lipinski definition) is 10. The van der Waals surface area contributed by atoms with Gasteiger partial charge in [-0.3, -0.25) is 19.4 Å². The molecule has 0 bridgehead atoms. The summed E-state index contributed by atoms with van der Waals surface area (Å²) in [5.74, 6) is -0.696. The van der Waals surface area contributed by atoms with E-state index in [1.807, 2.05) is 42.3 Å². The van der Waals surface area contributed by atoms with E-state index in [-0.39, 0.29) is 30.4 Å². The van der Waals surface area contributed by atoms with Gasteiger partial charge in [0, 0.05) is 24.0 Å². The lowest BCUT2D eigenvalue weighted by Gasteiger charge is -2.29. The van der Waals surface area contributed by atoms with Gasteiger partial charge in [0.1, 0.15) is 12.0 Å². The van der Waals surface area contributed by atoms with Crippen LogP contribution in [0.25, 0.3) is 0 Å². The number of hydrogen-bond donors (Lipinski definition) is 2. The number of benzene rings is 1. The maximum absolute atomic E-state index is 13.0. The van der Waals surface area contributed by atoms with Gasteiger partial charge in [-0.1, -0.05) is 18.2 Å². The second-order valence-corrected chi connectivity index (χ2v) is 10.8. The van der Waals surface area contributed by atoms with E-state index in [0.717, 1.165) is 30.4 Å². The van der Waals surface area contributed by atoms with Gasteiger partial charge in [-0.15, -0.1) is 0 Å². The maximum Gasteiger partial charge on any atom is 0.519 e. The van der Waals surface area contributed by atoms with Crippen LogP contribution in [-0.2, 0) is 20.9 Å². The third-order valence-corrected chi connectivity index (χ3v) is 8.09. The number of carbonyl (C=O) groups excluding carboxylic acids is 3. The third-order valence-electron chi connectivity index (χ3n) is 7.02. The quantitative estimate of drug-likeness (QED) is 0.263. The Morgan fingerprint density at radius 3 is 2.55 bits per heavy atom. The molecular formula is C26H37N5O6S. The lowest BCUT2D eigenvalue weighted by molar-refractivity contribution is -0.128. The van der Waals surface area contributed by atoms with Gasteiger partial charge < -0.3 is 24.7 Å². The highest BCUT2D eigenvalue weighted by molar-refractivity contribution is 7.97. The number of likely N-dealkylation sites (tertiary alicyclic amines) is 1. The number of amides is 2. The van der Waals surface area contributed by atoms with Gasteiger partial charge in [0.25, 0.3) is 0 Å². The number of rotatable bonds is 14. The summed E-state index contributed by atoms with van der Waals surface area (Å²) < 4.78 is 12.0. The molecule has 1 aromatic heterocycles. The van der Waals surface area contributed by atoms with Crippen LogP contribution in [0, 0.1) is 6.92 Å². The second-order valence-electron chi connectivity index (χ2n) is 9.67. The van der Waals surface area contributed by atoms with E-state index in [2.05, 4.69) is 9.62 Å². The first-order valence-electron chi connectivity index (χ1n) is 12.6. The van der Waals surface area contributed by atoms with Gasteiger partial charge in [-0.2, -0.15) is 0 Å². The first-order valence-corrected chi connectivity index (χ1v) is 13.4. The average Bonchev–Trinajstić information content (AvgIpc) is 3.41. The fourth-order valence-electron chi connectivity index (χ4n) is 4.53. The zero-order valence-electron chi connectivity index (χ0n) is 22.3. The monoisotopic (exact) mass is 547 g/mol. The minimum absolute atomic E-state index is 0.203.